The van der Waals surface area contributed by atoms with Crippen molar-refractivity contribution in [1.29, 1.82) is 0 Å². The molecule has 18 heavy (non-hydrogen) atoms. The summed E-state index contributed by atoms with van der Waals surface area (Å²) >= 11 is 0. The summed E-state index contributed by atoms with van der Waals surface area (Å²) in [5.41, 5.74) is 2.15. The van der Waals surface area contributed by atoms with E-state index in [1.165, 1.54) is 25.0 Å². The number of halogens is 1. The highest BCUT2D eigenvalue weighted by Crippen LogP contribution is 2.42. The molecule has 0 bridgehead atoms. The quantitative estimate of drug-likeness (QED) is 0.897. The molecule has 1 N–H and O–H groups in total. The Kier molecular flexibility index (Phi) is 2.78. The van der Waals surface area contributed by atoms with Crippen LogP contribution in [-0.4, -0.2) is 9.78 Å². The molecule has 1 aromatic heterocycles. The summed E-state index contributed by atoms with van der Waals surface area (Å²) in [6.07, 6.45) is 6.24. The first-order valence-electron chi connectivity index (χ1n) is 6.23. The molecular weight excluding hydrogens is 229 g/mol. The summed E-state index contributed by atoms with van der Waals surface area (Å²) in [6, 6.07) is 7.03. The minimum atomic E-state index is -0.185. The van der Waals surface area contributed by atoms with Gasteiger partial charge in [-0.3, -0.25) is 4.68 Å². The van der Waals surface area contributed by atoms with Gasteiger partial charge < -0.3 is 5.32 Å². The Morgan fingerprint density at radius 3 is 2.61 bits per heavy atom. The summed E-state index contributed by atoms with van der Waals surface area (Å²) in [5, 5.41) is 7.64. The van der Waals surface area contributed by atoms with Crippen molar-refractivity contribution in [2.75, 3.05) is 5.32 Å². The number of rotatable bonds is 4. The third-order valence-corrected chi connectivity index (χ3v) is 3.35. The van der Waals surface area contributed by atoms with Crippen LogP contribution in [0.2, 0.25) is 0 Å². The van der Waals surface area contributed by atoms with Crippen LogP contribution in [0.1, 0.15) is 24.4 Å². The Bertz CT molecular complexity index is 528. The molecule has 1 fully saturated rings. The molecule has 1 heterocycles. The Morgan fingerprint density at radius 2 is 2.06 bits per heavy atom. The van der Waals surface area contributed by atoms with Gasteiger partial charge in [0.05, 0.1) is 17.9 Å². The maximum atomic E-state index is 13.0. The lowest BCUT2D eigenvalue weighted by Crippen LogP contribution is -2.12. The number of benzene rings is 1. The number of hydrogen-bond donors (Lipinski definition) is 1. The second kappa shape index (κ2) is 4.44. The van der Waals surface area contributed by atoms with Crippen LogP contribution < -0.4 is 5.32 Å². The summed E-state index contributed by atoms with van der Waals surface area (Å²) in [5.74, 6) is 0.463. The van der Waals surface area contributed by atoms with E-state index in [0.29, 0.717) is 5.92 Å². The van der Waals surface area contributed by atoms with Crippen LogP contribution in [0.4, 0.5) is 10.1 Å². The Labute approximate surface area is 106 Å². The molecule has 0 radical (unpaired) electrons. The average molecular weight is 245 g/mol. The van der Waals surface area contributed by atoms with Gasteiger partial charge in [0.25, 0.3) is 0 Å². The molecule has 0 saturated heterocycles. The van der Waals surface area contributed by atoms with Crippen LogP contribution in [0.15, 0.2) is 36.7 Å². The minimum absolute atomic E-state index is 0.185. The summed E-state index contributed by atoms with van der Waals surface area (Å²) in [7, 11) is 1.90. The zero-order valence-corrected chi connectivity index (χ0v) is 10.3. The normalized spacial score (nSPS) is 16.6. The van der Waals surface area contributed by atoms with Crippen molar-refractivity contribution in [3.63, 3.8) is 0 Å². The van der Waals surface area contributed by atoms with Gasteiger partial charge in [-0.25, -0.2) is 4.39 Å². The topological polar surface area (TPSA) is 29.9 Å². The molecule has 1 aliphatic rings. The highest BCUT2D eigenvalue weighted by Gasteiger charge is 2.32. The van der Waals surface area contributed by atoms with Crippen LogP contribution in [-0.2, 0) is 7.05 Å². The largest absolute Gasteiger partial charge is 0.375 e. The Balaban J connectivity index is 1.82. The van der Waals surface area contributed by atoms with E-state index in [0.717, 1.165) is 11.3 Å². The van der Waals surface area contributed by atoms with Crippen LogP contribution in [0.5, 0.6) is 0 Å². The first-order valence-corrected chi connectivity index (χ1v) is 6.23. The fraction of sp³-hybridized carbons (Fsp3) is 0.357. The smallest absolute Gasteiger partial charge is 0.123 e. The van der Waals surface area contributed by atoms with Gasteiger partial charge in [0.2, 0.25) is 0 Å². The van der Waals surface area contributed by atoms with E-state index >= 15 is 0 Å². The zero-order chi connectivity index (χ0) is 12.5. The number of aromatic nitrogens is 2. The minimum Gasteiger partial charge on any atom is -0.375 e. The third kappa shape index (κ3) is 2.37. The number of anilines is 1. The highest BCUT2D eigenvalue weighted by atomic mass is 19.1. The lowest BCUT2D eigenvalue weighted by atomic mass is 10.0. The number of nitrogens with one attached hydrogen (secondary N) is 1. The molecule has 0 amide bonds. The molecule has 1 unspecified atom stereocenters. The third-order valence-electron chi connectivity index (χ3n) is 3.35. The molecule has 3 nitrogen and oxygen atoms in total. The van der Waals surface area contributed by atoms with Crippen LogP contribution in [0.25, 0.3) is 0 Å². The molecule has 2 aromatic rings. The number of aryl methyl sites for hydroxylation is 1. The first-order chi connectivity index (χ1) is 8.72. The number of nitrogens with zero attached hydrogens (tertiary/aromatic N) is 2. The van der Waals surface area contributed by atoms with Crippen molar-refractivity contribution in [3.8, 4) is 0 Å². The molecule has 0 spiro atoms. The zero-order valence-electron chi connectivity index (χ0n) is 10.3. The molecule has 1 aromatic carbocycles. The Hall–Kier alpha value is -1.84. The maximum Gasteiger partial charge on any atom is 0.123 e. The van der Waals surface area contributed by atoms with Crippen molar-refractivity contribution < 1.29 is 4.39 Å². The molecule has 1 saturated carbocycles. The SMILES string of the molecule is Cn1cc(NC(c2ccc(F)cc2)C2CC2)cn1. The van der Waals surface area contributed by atoms with Gasteiger partial charge in [-0.2, -0.15) is 5.10 Å². The summed E-state index contributed by atoms with van der Waals surface area (Å²) in [4.78, 5) is 0. The lowest BCUT2D eigenvalue weighted by molar-refractivity contribution is 0.622. The molecule has 4 heteroatoms. The van der Waals surface area contributed by atoms with Gasteiger partial charge in [-0.1, -0.05) is 12.1 Å². The summed E-state index contributed by atoms with van der Waals surface area (Å²) in [6.45, 7) is 0. The van der Waals surface area contributed by atoms with Gasteiger partial charge in [-0.15, -0.1) is 0 Å². The fourth-order valence-corrected chi connectivity index (χ4v) is 2.25. The molecule has 0 aliphatic heterocycles. The van der Waals surface area contributed by atoms with E-state index in [4.69, 9.17) is 0 Å². The monoisotopic (exact) mass is 245 g/mol. The van der Waals surface area contributed by atoms with Crippen molar-refractivity contribution in [1.82, 2.24) is 9.78 Å². The molecule has 1 atom stereocenters. The lowest BCUT2D eigenvalue weighted by Gasteiger charge is -2.18. The van der Waals surface area contributed by atoms with E-state index in [9.17, 15) is 4.39 Å². The van der Waals surface area contributed by atoms with Gasteiger partial charge in [-0.05, 0) is 36.5 Å². The van der Waals surface area contributed by atoms with Gasteiger partial charge >= 0.3 is 0 Å². The second-order valence-corrected chi connectivity index (χ2v) is 4.91. The van der Waals surface area contributed by atoms with Crippen molar-refractivity contribution in [2.24, 2.45) is 13.0 Å². The second-order valence-electron chi connectivity index (χ2n) is 4.91. The van der Waals surface area contributed by atoms with Gasteiger partial charge in [0.15, 0.2) is 0 Å². The average Bonchev–Trinajstić information content (AvgIpc) is 3.12. The highest BCUT2D eigenvalue weighted by molar-refractivity contribution is 5.42. The molecule has 1 aliphatic carbocycles. The van der Waals surface area contributed by atoms with Crippen LogP contribution in [0.3, 0.4) is 0 Å². The van der Waals surface area contributed by atoms with E-state index < -0.39 is 0 Å². The molecule has 94 valence electrons. The maximum absolute atomic E-state index is 13.0. The van der Waals surface area contributed by atoms with E-state index in [1.54, 1.807) is 4.68 Å². The summed E-state index contributed by atoms with van der Waals surface area (Å²) < 4.78 is 14.7. The first kappa shape index (κ1) is 11.3. The predicted octanol–water partition coefficient (Wildman–Crippen LogP) is 3.12. The molecule has 3 rings (SSSR count). The van der Waals surface area contributed by atoms with Crippen LogP contribution >= 0.6 is 0 Å². The van der Waals surface area contributed by atoms with Crippen molar-refractivity contribution in [2.45, 2.75) is 18.9 Å². The predicted molar refractivity (Wildman–Crippen MR) is 68.7 cm³/mol. The number of hydrogen-bond acceptors (Lipinski definition) is 2. The standard InChI is InChI=1S/C14H16FN3/c1-18-9-13(8-16-18)17-14(10-2-3-10)11-4-6-12(15)7-5-11/h4-10,14,17H,2-3H2,1H3. The van der Waals surface area contributed by atoms with Crippen molar-refractivity contribution in [3.05, 3.63) is 48.0 Å². The van der Waals surface area contributed by atoms with E-state index in [2.05, 4.69) is 10.4 Å². The van der Waals surface area contributed by atoms with Crippen LogP contribution in [0, 0.1) is 11.7 Å². The van der Waals surface area contributed by atoms with E-state index in [-0.39, 0.29) is 11.9 Å². The van der Waals surface area contributed by atoms with E-state index in [1.807, 2.05) is 31.6 Å². The Morgan fingerprint density at radius 1 is 1.33 bits per heavy atom. The fourth-order valence-electron chi connectivity index (χ4n) is 2.25. The van der Waals surface area contributed by atoms with Gasteiger partial charge in [0, 0.05) is 13.2 Å². The molecular formula is C14H16FN3. The van der Waals surface area contributed by atoms with Gasteiger partial charge in [0.1, 0.15) is 5.82 Å². The van der Waals surface area contributed by atoms with Crippen molar-refractivity contribution >= 4 is 5.69 Å².